The molecule has 0 radical (unpaired) electrons. The van der Waals surface area contributed by atoms with Crippen molar-refractivity contribution in [3.8, 4) is 0 Å². The van der Waals surface area contributed by atoms with E-state index >= 15 is 0 Å². The van der Waals surface area contributed by atoms with E-state index in [1.807, 2.05) is 0 Å². The van der Waals surface area contributed by atoms with Crippen molar-refractivity contribution in [1.82, 2.24) is 4.90 Å². The lowest BCUT2D eigenvalue weighted by molar-refractivity contribution is -0.146. The van der Waals surface area contributed by atoms with Gasteiger partial charge in [0, 0.05) is 24.3 Å². The van der Waals surface area contributed by atoms with Crippen molar-refractivity contribution < 1.29 is 19.5 Å². The highest BCUT2D eigenvalue weighted by Gasteiger charge is 2.36. The number of likely N-dealkylation sites (tertiary alicyclic amines) is 1. The summed E-state index contributed by atoms with van der Waals surface area (Å²) in [5.74, 6) is -1.60. The Morgan fingerprint density at radius 3 is 2.74 bits per heavy atom. The van der Waals surface area contributed by atoms with E-state index in [0.29, 0.717) is 17.7 Å². The second-order valence-corrected chi connectivity index (χ2v) is 4.84. The number of rotatable bonds is 2. The molecule has 0 saturated carbocycles. The predicted octanol–water partition coefficient (Wildman–Crippen LogP) is 0.338. The molecule has 0 atom stereocenters. The number of carboxylic acids is 1. The van der Waals surface area contributed by atoms with Crippen LogP contribution in [0.1, 0.15) is 15.9 Å². The van der Waals surface area contributed by atoms with E-state index in [9.17, 15) is 14.4 Å². The van der Waals surface area contributed by atoms with Crippen molar-refractivity contribution in [3.63, 3.8) is 0 Å². The molecule has 0 aromatic heterocycles. The predicted molar refractivity (Wildman–Crippen MR) is 65.8 cm³/mol. The van der Waals surface area contributed by atoms with Gasteiger partial charge < -0.3 is 15.3 Å². The van der Waals surface area contributed by atoms with Crippen molar-refractivity contribution in [3.05, 3.63) is 29.3 Å². The lowest BCUT2D eigenvalue weighted by Crippen LogP contribution is -2.53. The van der Waals surface area contributed by atoms with E-state index in [1.165, 1.54) is 4.90 Å². The molecule has 0 bridgehead atoms. The first-order valence-electron chi connectivity index (χ1n) is 5.99. The van der Waals surface area contributed by atoms with E-state index < -0.39 is 11.9 Å². The largest absolute Gasteiger partial charge is 0.481 e. The van der Waals surface area contributed by atoms with E-state index in [0.717, 1.165) is 5.56 Å². The van der Waals surface area contributed by atoms with E-state index in [-0.39, 0.29) is 24.9 Å². The van der Waals surface area contributed by atoms with Crippen LogP contribution in [0, 0.1) is 5.92 Å². The van der Waals surface area contributed by atoms with E-state index in [1.54, 1.807) is 18.2 Å². The number of hydrogen-bond donors (Lipinski definition) is 2. The normalized spacial score (nSPS) is 17.7. The molecule has 6 heteroatoms. The summed E-state index contributed by atoms with van der Waals surface area (Å²) in [5.41, 5.74) is 2.03. The Morgan fingerprint density at radius 1 is 1.32 bits per heavy atom. The number of carbonyl (C=O) groups is 3. The number of nitrogens with zero attached hydrogens (tertiary/aromatic N) is 1. The summed E-state index contributed by atoms with van der Waals surface area (Å²) in [6.45, 7) is 0.495. The van der Waals surface area contributed by atoms with Crippen molar-refractivity contribution in [2.75, 3.05) is 18.4 Å². The summed E-state index contributed by atoms with van der Waals surface area (Å²) in [6, 6.07) is 5.08. The van der Waals surface area contributed by atoms with Gasteiger partial charge in [-0.15, -0.1) is 0 Å². The topological polar surface area (TPSA) is 86.7 Å². The van der Waals surface area contributed by atoms with Crippen molar-refractivity contribution >= 4 is 23.5 Å². The number of aliphatic carboxylic acids is 1. The summed E-state index contributed by atoms with van der Waals surface area (Å²) in [7, 11) is 0. The number of fused-ring (bicyclic) bond motifs is 1. The van der Waals surface area contributed by atoms with Gasteiger partial charge in [-0.25, -0.2) is 0 Å². The molecule has 1 aromatic rings. The number of amides is 2. The molecule has 2 aliphatic rings. The first-order chi connectivity index (χ1) is 9.04. The van der Waals surface area contributed by atoms with E-state index in [4.69, 9.17) is 5.11 Å². The molecule has 2 aliphatic heterocycles. The fraction of sp³-hybridized carbons (Fsp3) is 0.308. The molecule has 1 saturated heterocycles. The second kappa shape index (κ2) is 4.08. The molecule has 2 heterocycles. The van der Waals surface area contributed by atoms with Crippen molar-refractivity contribution in [2.45, 2.75) is 6.42 Å². The maximum absolute atomic E-state index is 12.1. The van der Waals surface area contributed by atoms with Gasteiger partial charge in [0.2, 0.25) is 5.91 Å². The molecule has 98 valence electrons. The first-order valence-corrected chi connectivity index (χ1v) is 5.99. The average molecular weight is 260 g/mol. The fourth-order valence-electron chi connectivity index (χ4n) is 2.33. The van der Waals surface area contributed by atoms with Crippen LogP contribution in [-0.4, -0.2) is 40.9 Å². The number of carboxylic acid groups (broad SMARTS) is 1. The lowest BCUT2D eigenvalue weighted by Gasteiger charge is -2.36. The maximum atomic E-state index is 12.1. The molecular weight excluding hydrogens is 248 g/mol. The van der Waals surface area contributed by atoms with Crippen LogP contribution in [0.2, 0.25) is 0 Å². The molecule has 0 aliphatic carbocycles. The zero-order valence-corrected chi connectivity index (χ0v) is 10.0. The number of nitrogens with one attached hydrogen (secondary N) is 1. The summed E-state index contributed by atoms with van der Waals surface area (Å²) in [6.07, 6.45) is 0.342. The summed E-state index contributed by atoms with van der Waals surface area (Å²) in [5, 5.41) is 11.5. The minimum atomic E-state index is -0.870. The van der Waals surface area contributed by atoms with Gasteiger partial charge >= 0.3 is 5.97 Å². The highest BCUT2D eigenvalue weighted by Crippen LogP contribution is 2.26. The molecule has 0 unspecified atom stereocenters. The Kier molecular flexibility index (Phi) is 2.51. The second-order valence-electron chi connectivity index (χ2n) is 4.84. The van der Waals surface area contributed by atoms with Gasteiger partial charge in [0.15, 0.2) is 0 Å². The van der Waals surface area contributed by atoms with E-state index in [2.05, 4.69) is 5.32 Å². The average Bonchev–Trinajstić information content (AvgIpc) is 2.65. The fourth-order valence-corrected chi connectivity index (χ4v) is 2.33. The van der Waals surface area contributed by atoms with Crippen molar-refractivity contribution in [1.29, 1.82) is 0 Å². The Labute approximate surface area is 109 Å². The van der Waals surface area contributed by atoms with Gasteiger partial charge in [0.05, 0.1) is 12.3 Å². The Bertz CT molecular complexity index is 590. The molecule has 0 spiro atoms. The third kappa shape index (κ3) is 1.95. The zero-order chi connectivity index (χ0) is 13.6. The number of benzene rings is 1. The van der Waals surface area contributed by atoms with Gasteiger partial charge in [0.1, 0.15) is 0 Å². The Balaban J connectivity index is 1.74. The van der Waals surface area contributed by atoms with Gasteiger partial charge in [-0.3, -0.25) is 14.4 Å². The van der Waals surface area contributed by atoms with Crippen LogP contribution >= 0.6 is 0 Å². The molecule has 1 fully saturated rings. The molecule has 1 aromatic carbocycles. The highest BCUT2D eigenvalue weighted by molar-refractivity contribution is 6.02. The van der Waals surface area contributed by atoms with Gasteiger partial charge in [0.25, 0.3) is 5.91 Å². The summed E-state index contributed by atoms with van der Waals surface area (Å²) in [4.78, 5) is 35.5. The van der Waals surface area contributed by atoms with Gasteiger partial charge in [-0.2, -0.15) is 0 Å². The number of hydrogen-bond acceptors (Lipinski definition) is 3. The summed E-state index contributed by atoms with van der Waals surface area (Å²) >= 11 is 0. The zero-order valence-electron chi connectivity index (χ0n) is 10.0. The minimum absolute atomic E-state index is 0.0745. The number of anilines is 1. The molecule has 6 nitrogen and oxygen atoms in total. The van der Waals surface area contributed by atoms with Crippen LogP contribution in [-0.2, 0) is 16.0 Å². The Hall–Kier alpha value is -2.37. The van der Waals surface area contributed by atoms with Crippen LogP contribution in [0.15, 0.2) is 18.2 Å². The summed E-state index contributed by atoms with van der Waals surface area (Å²) < 4.78 is 0. The van der Waals surface area contributed by atoms with Crippen molar-refractivity contribution in [2.24, 2.45) is 5.92 Å². The minimum Gasteiger partial charge on any atom is -0.481 e. The maximum Gasteiger partial charge on any atom is 0.310 e. The third-order valence-corrected chi connectivity index (χ3v) is 3.50. The van der Waals surface area contributed by atoms with Crippen LogP contribution in [0.3, 0.4) is 0 Å². The van der Waals surface area contributed by atoms with Gasteiger partial charge in [-0.1, -0.05) is 6.07 Å². The SMILES string of the molecule is O=C1Cc2ccc(C(=O)N3CC(C(=O)O)C3)cc2N1. The monoisotopic (exact) mass is 260 g/mol. The van der Waals surface area contributed by atoms with Gasteiger partial charge in [-0.05, 0) is 17.7 Å². The smallest absolute Gasteiger partial charge is 0.310 e. The lowest BCUT2D eigenvalue weighted by atomic mass is 9.98. The molecule has 3 rings (SSSR count). The molecule has 2 amide bonds. The molecule has 19 heavy (non-hydrogen) atoms. The molecular formula is C13H12N2O4. The standard InChI is InChI=1S/C13H12N2O4/c16-11-4-7-1-2-8(3-10(7)14-11)12(17)15-5-9(6-15)13(18)19/h1-3,9H,4-6H2,(H,14,16)(H,18,19). The van der Waals surface area contributed by atoms with Crippen LogP contribution < -0.4 is 5.32 Å². The highest BCUT2D eigenvalue weighted by atomic mass is 16.4. The quantitative estimate of drug-likeness (QED) is 0.802. The van der Waals surface area contributed by atoms with Crippen LogP contribution in [0.4, 0.5) is 5.69 Å². The first kappa shape index (κ1) is 11.7. The third-order valence-electron chi connectivity index (χ3n) is 3.50. The number of carbonyl (C=O) groups excluding carboxylic acids is 2. The Morgan fingerprint density at radius 2 is 2.05 bits per heavy atom. The van der Waals surface area contributed by atoms with Crippen LogP contribution in [0.25, 0.3) is 0 Å². The van der Waals surface area contributed by atoms with Crippen LogP contribution in [0.5, 0.6) is 0 Å². The molecule has 2 N–H and O–H groups in total.